The molecule has 0 aliphatic rings. The van der Waals surface area contributed by atoms with Gasteiger partial charge in [0.15, 0.2) is 11.5 Å². The van der Waals surface area contributed by atoms with Crippen LogP contribution in [-0.2, 0) is 4.79 Å². The van der Waals surface area contributed by atoms with Gasteiger partial charge in [0.05, 0.1) is 10.0 Å². The lowest BCUT2D eigenvalue weighted by Gasteiger charge is -2.05. The number of nitrogens with zero attached hydrogens (tertiary/aromatic N) is 3. The normalized spacial score (nSPS) is 11.5. The van der Waals surface area contributed by atoms with E-state index in [0.717, 1.165) is 16.8 Å². The van der Waals surface area contributed by atoms with Crippen molar-refractivity contribution in [2.45, 2.75) is 0 Å². The molecule has 3 aromatic rings. The summed E-state index contributed by atoms with van der Waals surface area (Å²) in [5.74, 6) is -1.96. The minimum Gasteiger partial charge on any atom is -0.478 e. The predicted octanol–water partition coefficient (Wildman–Crippen LogP) is 3.03. The summed E-state index contributed by atoms with van der Waals surface area (Å²) >= 11 is 11.7. The Labute approximate surface area is 144 Å². The molecule has 9 heteroatoms. The van der Waals surface area contributed by atoms with Crippen LogP contribution in [0.15, 0.2) is 41.3 Å². The molecule has 0 saturated heterocycles. The van der Waals surface area contributed by atoms with Crippen LogP contribution in [-0.4, -0.2) is 25.3 Å². The van der Waals surface area contributed by atoms with Crippen LogP contribution in [0.25, 0.3) is 17.4 Å². The lowest BCUT2D eigenvalue weighted by molar-refractivity contribution is -0.131. The Morgan fingerprint density at radius 3 is 2.75 bits per heavy atom. The standard InChI is InChI=1S/C15H8Cl2FN3O3/c16-9-2-3-13-19-21(15(24)20(13)7-9)12-5-8(1-4-14(22)23)10(17)6-11(12)18/h1-7H,(H,22,23). The zero-order chi connectivity index (χ0) is 17.4. The summed E-state index contributed by atoms with van der Waals surface area (Å²) in [5.41, 5.74) is -0.269. The van der Waals surface area contributed by atoms with Crippen LogP contribution in [0.2, 0.25) is 10.0 Å². The van der Waals surface area contributed by atoms with E-state index in [4.69, 9.17) is 28.3 Å². The molecule has 3 rings (SSSR count). The van der Waals surface area contributed by atoms with Gasteiger partial charge >= 0.3 is 11.7 Å². The number of carboxylic acid groups (broad SMARTS) is 1. The van der Waals surface area contributed by atoms with Crippen LogP contribution in [0.4, 0.5) is 4.39 Å². The second-order valence-corrected chi connectivity index (χ2v) is 5.61. The molecule has 1 aromatic carbocycles. The Morgan fingerprint density at radius 1 is 1.29 bits per heavy atom. The van der Waals surface area contributed by atoms with Crippen LogP contribution in [0.3, 0.4) is 0 Å². The van der Waals surface area contributed by atoms with Crippen molar-refractivity contribution in [2.24, 2.45) is 0 Å². The number of benzene rings is 1. The molecule has 0 bridgehead atoms. The first-order valence-corrected chi connectivity index (χ1v) is 7.30. The van der Waals surface area contributed by atoms with Gasteiger partial charge in [0.25, 0.3) is 0 Å². The molecule has 2 heterocycles. The van der Waals surface area contributed by atoms with Crippen molar-refractivity contribution in [1.82, 2.24) is 14.2 Å². The molecule has 1 N–H and O–H groups in total. The molecule has 0 unspecified atom stereocenters. The van der Waals surface area contributed by atoms with E-state index in [-0.39, 0.29) is 21.9 Å². The summed E-state index contributed by atoms with van der Waals surface area (Å²) in [5, 5.41) is 13.1. The smallest absolute Gasteiger partial charge is 0.355 e. The van der Waals surface area contributed by atoms with Crippen molar-refractivity contribution in [1.29, 1.82) is 0 Å². The summed E-state index contributed by atoms with van der Waals surface area (Å²) in [4.78, 5) is 23.0. The van der Waals surface area contributed by atoms with Crippen LogP contribution in [0, 0.1) is 5.82 Å². The molecule has 0 aliphatic heterocycles. The molecule has 6 nitrogen and oxygen atoms in total. The van der Waals surface area contributed by atoms with Gasteiger partial charge in [-0.05, 0) is 35.9 Å². The van der Waals surface area contributed by atoms with E-state index < -0.39 is 17.5 Å². The number of aliphatic carboxylic acids is 1. The third-order valence-corrected chi connectivity index (χ3v) is 3.73. The molecule has 0 saturated carbocycles. The number of hydrogen-bond acceptors (Lipinski definition) is 3. The molecule has 24 heavy (non-hydrogen) atoms. The maximum atomic E-state index is 14.2. The monoisotopic (exact) mass is 367 g/mol. The van der Waals surface area contributed by atoms with Crippen molar-refractivity contribution in [3.8, 4) is 5.69 Å². The average Bonchev–Trinajstić information content (AvgIpc) is 2.83. The lowest BCUT2D eigenvalue weighted by Crippen LogP contribution is -2.20. The Morgan fingerprint density at radius 2 is 2.04 bits per heavy atom. The van der Waals surface area contributed by atoms with Gasteiger partial charge in [-0.25, -0.2) is 18.4 Å². The Balaban J connectivity index is 2.22. The zero-order valence-electron chi connectivity index (χ0n) is 11.8. The summed E-state index contributed by atoms with van der Waals surface area (Å²) in [6, 6.07) is 5.29. The summed E-state index contributed by atoms with van der Waals surface area (Å²) in [6.07, 6.45) is 3.42. The number of fused-ring (bicyclic) bond motifs is 1. The van der Waals surface area contributed by atoms with Crippen molar-refractivity contribution in [3.05, 3.63) is 68.4 Å². The first-order chi connectivity index (χ1) is 11.4. The Bertz CT molecular complexity index is 1060. The maximum Gasteiger partial charge on any atom is 0.355 e. The van der Waals surface area contributed by atoms with Gasteiger partial charge < -0.3 is 5.11 Å². The van der Waals surface area contributed by atoms with Crippen LogP contribution in [0.1, 0.15) is 5.56 Å². The molecule has 0 fully saturated rings. The number of aromatic nitrogens is 3. The highest BCUT2D eigenvalue weighted by atomic mass is 35.5. The minimum absolute atomic E-state index is 0.00797. The fraction of sp³-hybridized carbons (Fsp3) is 0. The molecular weight excluding hydrogens is 360 g/mol. The zero-order valence-corrected chi connectivity index (χ0v) is 13.3. The topological polar surface area (TPSA) is 76.6 Å². The average molecular weight is 368 g/mol. The van der Waals surface area contributed by atoms with Gasteiger partial charge in [0.2, 0.25) is 0 Å². The van der Waals surface area contributed by atoms with Crippen molar-refractivity contribution in [3.63, 3.8) is 0 Å². The van der Waals surface area contributed by atoms with E-state index in [1.54, 1.807) is 6.07 Å². The van der Waals surface area contributed by atoms with Gasteiger partial charge in [-0.3, -0.25) is 0 Å². The third-order valence-electron chi connectivity index (χ3n) is 3.18. The highest BCUT2D eigenvalue weighted by molar-refractivity contribution is 6.32. The van der Waals surface area contributed by atoms with Gasteiger partial charge in [-0.1, -0.05) is 23.2 Å². The first kappa shape index (κ1) is 16.2. The number of hydrogen-bond donors (Lipinski definition) is 1. The number of carboxylic acids is 1. The Kier molecular flexibility index (Phi) is 4.13. The molecule has 2 aromatic heterocycles. The molecule has 122 valence electrons. The van der Waals surface area contributed by atoms with Crippen molar-refractivity contribution in [2.75, 3.05) is 0 Å². The number of pyridine rings is 1. The minimum atomic E-state index is -1.18. The molecule has 0 aliphatic carbocycles. The SMILES string of the molecule is O=C(O)C=Cc1cc(-n2nc3ccc(Cl)cn3c2=O)c(F)cc1Cl. The van der Waals surface area contributed by atoms with Gasteiger partial charge in [-0.2, -0.15) is 4.68 Å². The highest BCUT2D eigenvalue weighted by Crippen LogP contribution is 2.24. The summed E-state index contributed by atoms with van der Waals surface area (Å²) in [7, 11) is 0. The fourth-order valence-electron chi connectivity index (χ4n) is 2.11. The van der Waals surface area contributed by atoms with Crippen molar-refractivity contribution >= 4 is 40.9 Å². The molecule has 0 amide bonds. The second-order valence-electron chi connectivity index (χ2n) is 4.77. The predicted molar refractivity (Wildman–Crippen MR) is 87.4 cm³/mol. The van der Waals surface area contributed by atoms with Crippen LogP contribution >= 0.6 is 23.2 Å². The third kappa shape index (κ3) is 2.91. The van der Waals surface area contributed by atoms with E-state index in [9.17, 15) is 14.0 Å². The fourth-order valence-corrected chi connectivity index (χ4v) is 2.48. The molecule has 0 radical (unpaired) electrons. The van der Waals surface area contributed by atoms with Crippen LogP contribution < -0.4 is 5.69 Å². The number of carbonyl (C=O) groups is 1. The van der Waals surface area contributed by atoms with E-state index in [1.165, 1.54) is 28.8 Å². The maximum absolute atomic E-state index is 14.2. The summed E-state index contributed by atoms with van der Waals surface area (Å²) < 4.78 is 16.3. The van der Waals surface area contributed by atoms with E-state index in [0.29, 0.717) is 5.02 Å². The molecule has 0 spiro atoms. The quantitative estimate of drug-likeness (QED) is 0.721. The number of rotatable bonds is 3. The largest absolute Gasteiger partial charge is 0.478 e. The molecular formula is C15H8Cl2FN3O3. The van der Waals surface area contributed by atoms with E-state index >= 15 is 0 Å². The van der Waals surface area contributed by atoms with E-state index in [2.05, 4.69) is 5.10 Å². The van der Waals surface area contributed by atoms with Crippen molar-refractivity contribution < 1.29 is 14.3 Å². The first-order valence-electron chi connectivity index (χ1n) is 6.54. The molecule has 0 atom stereocenters. The Hall–Kier alpha value is -2.64. The van der Waals surface area contributed by atoms with Gasteiger partial charge in [0, 0.05) is 12.3 Å². The lowest BCUT2D eigenvalue weighted by atomic mass is 10.1. The second kappa shape index (κ2) is 6.10. The summed E-state index contributed by atoms with van der Waals surface area (Å²) in [6.45, 7) is 0. The van der Waals surface area contributed by atoms with Crippen LogP contribution in [0.5, 0.6) is 0 Å². The van der Waals surface area contributed by atoms with Gasteiger partial charge in [-0.15, -0.1) is 5.10 Å². The number of halogens is 3. The van der Waals surface area contributed by atoms with E-state index in [1.807, 2.05) is 0 Å². The van der Waals surface area contributed by atoms with Gasteiger partial charge in [0.1, 0.15) is 5.69 Å². The highest BCUT2D eigenvalue weighted by Gasteiger charge is 2.15.